The summed E-state index contributed by atoms with van der Waals surface area (Å²) in [6.07, 6.45) is 0. The van der Waals surface area contributed by atoms with Crippen molar-refractivity contribution in [3.8, 4) is 5.88 Å². The van der Waals surface area contributed by atoms with Gasteiger partial charge in [-0.05, 0) is 36.6 Å². The Balaban J connectivity index is 2.10. The second-order valence-corrected chi connectivity index (χ2v) is 7.30. The molecule has 0 aliphatic carbocycles. The van der Waals surface area contributed by atoms with Crippen LogP contribution < -0.4 is 16.8 Å². The van der Waals surface area contributed by atoms with E-state index >= 15 is 0 Å². The Morgan fingerprint density at radius 1 is 0.968 bits per heavy atom. The third-order valence-electron chi connectivity index (χ3n) is 5.15. The predicted octanol–water partition coefficient (Wildman–Crippen LogP) is 2.11. The van der Waals surface area contributed by atoms with Crippen LogP contribution in [0.5, 0.6) is 5.88 Å². The van der Waals surface area contributed by atoms with Crippen LogP contribution in [0.25, 0.3) is 10.8 Å². The van der Waals surface area contributed by atoms with Crippen molar-refractivity contribution >= 4 is 22.2 Å². The Morgan fingerprint density at radius 3 is 2.35 bits per heavy atom. The average molecular weight is 416 g/mol. The molecule has 4 rings (SSSR count). The highest BCUT2D eigenvalue weighted by atomic mass is 16.3. The summed E-state index contributed by atoms with van der Waals surface area (Å²) in [4.78, 5) is 45.2. The Hall–Kier alpha value is -4.20. The molecule has 0 aliphatic heterocycles. The molecule has 156 valence electrons. The van der Waals surface area contributed by atoms with Crippen molar-refractivity contribution in [1.82, 2.24) is 14.1 Å². The van der Waals surface area contributed by atoms with Crippen LogP contribution >= 0.6 is 0 Å². The van der Waals surface area contributed by atoms with Crippen molar-refractivity contribution in [1.29, 1.82) is 0 Å². The van der Waals surface area contributed by atoms with Crippen molar-refractivity contribution in [2.45, 2.75) is 6.92 Å². The molecule has 31 heavy (non-hydrogen) atoms. The minimum absolute atomic E-state index is 0.0559. The molecule has 0 aliphatic rings. The lowest BCUT2D eigenvalue weighted by Crippen LogP contribution is -2.40. The molecular weight excluding hydrogens is 396 g/mol. The van der Waals surface area contributed by atoms with Crippen LogP contribution in [0.4, 0.5) is 5.69 Å². The first-order chi connectivity index (χ1) is 14.8. The number of fused-ring (bicyclic) bond motifs is 1. The lowest BCUT2D eigenvalue weighted by molar-refractivity contribution is 0.410. The van der Waals surface area contributed by atoms with E-state index in [1.807, 2.05) is 19.1 Å². The van der Waals surface area contributed by atoms with Crippen molar-refractivity contribution < 1.29 is 5.11 Å². The maximum atomic E-state index is 13.0. The van der Waals surface area contributed by atoms with Gasteiger partial charge in [-0.25, -0.2) is 9.79 Å². The number of nitrogens with one attached hydrogen (secondary N) is 1. The number of hydrogen-bond donors (Lipinski definition) is 2. The van der Waals surface area contributed by atoms with Gasteiger partial charge in [-0.15, -0.1) is 0 Å². The number of benzene rings is 2. The van der Waals surface area contributed by atoms with E-state index in [1.165, 1.54) is 14.1 Å². The maximum Gasteiger partial charge on any atom is 0.333 e. The van der Waals surface area contributed by atoms with E-state index in [1.54, 1.807) is 42.5 Å². The van der Waals surface area contributed by atoms with Gasteiger partial charge in [0.25, 0.3) is 11.1 Å². The van der Waals surface area contributed by atoms with E-state index in [9.17, 15) is 19.5 Å². The predicted molar refractivity (Wildman–Crippen MR) is 120 cm³/mol. The SMILES string of the molecule is Cc1ccc(N=C(c2cc3ccccc3c(=O)[nH]2)c2c(O)n(C)c(=O)n(C)c2=O)cc1. The van der Waals surface area contributed by atoms with Gasteiger partial charge in [0, 0.05) is 19.5 Å². The summed E-state index contributed by atoms with van der Waals surface area (Å²) in [6, 6.07) is 16.0. The second-order valence-electron chi connectivity index (χ2n) is 7.30. The number of hydrogen-bond acceptors (Lipinski definition) is 5. The van der Waals surface area contributed by atoms with E-state index in [-0.39, 0.29) is 22.5 Å². The number of aromatic nitrogens is 3. The van der Waals surface area contributed by atoms with E-state index in [0.29, 0.717) is 16.5 Å². The molecule has 0 unspecified atom stereocenters. The first kappa shape index (κ1) is 20.1. The molecule has 8 heteroatoms. The molecule has 2 aromatic heterocycles. The average Bonchev–Trinajstić information content (AvgIpc) is 2.77. The van der Waals surface area contributed by atoms with Crippen LogP contribution in [0, 0.1) is 6.92 Å². The van der Waals surface area contributed by atoms with Crippen LogP contribution in [0.1, 0.15) is 16.8 Å². The third-order valence-corrected chi connectivity index (χ3v) is 5.15. The number of aryl methyl sites for hydroxylation is 1. The highest BCUT2D eigenvalue weighted by Crippen LogP contribution is 2.21. The second kappa shape index (κ2) is 7.56. The fraction of sp³-hybridized carbons (Fsp3) is 0.130. The molecule has 2 aromatic carbocycles. The molecule has 0 amide bonds. The Kier molecular flexibility index (Phi) is 4.90. The van der Waals surface area contributed by atoms with E-state index in [4.69, 9.17) is 0 Å². The topological polar surface area (TPSA) is 109 Å². The Bertz CT molecular complexity index is 1520. The fourth-order valence-corrected chi connectivity index (χ4v) is 3.38. The minimum Gasteiger partial charge on any atom is -0.494 e. The third kappa shape index (κ3) is 3.48. The molecule has 0 fully saturated rings. The molecule has 2 N–H and O–H groups in total. The lowest BCUT2D eigenvalue weighted by Gasteiger charge is -2.13. The van der Waals surface area contributed by atoms with E-state index in [2.05, 4.69) is 9.98 Å². The van der Waals surface area contributed by atoms with Gasteiger partial charge in [-0.3, -0.25) is 18.7 Å². The molecule has 0 saturated heterocycles. The molecule has 2 heterocycles. The summed E-state index contributed by atoms with van der Waals surface area (Å²) in [5.41, 5.74) is -0.0866. The minimum atomic E-state index is -0.722. The number of aromatic amines is 1. The number of aromatic hydroxyl groups is 1. The number of H-pyrrole nitrogens is 1. The molecule has 0 saturated carbocycles. The molecule has 8 nitrogen and oxygen atoms in total. The fourth-order valence-electron chi connectivity index (χ4n) is 3.38. The van der Waals surface area contributed by atoms with Crippen LogP contribution in [-0.2, 0) is 14.1 Å². The zero-order valence-corrected chi connectivity index (χ0v) is 17.2. The van der Waals surface area contributed by atoms with Gasteiger partial charge in [0.15, 0.2) is 0 Å². The first-order valence-electron chi connectivity index (χ1n) is 9.55. The smallest absolute Gasteiger partial charge is 0.333 e. The number of rotatable bonds is 3. The van der Waals surface area contributed by atoms with E-state index in [0.717, 1.165) is 14.7 Å². The maximum absolute atomic E-state index is 13.0. The van der Waals surface area contributed by atoms with Crippen molar-refractivity contribution in [2.24, 2.45) is 19.1 Å². The summed E-state index contributed by atoms with van der Waals surface area (Å²) >= 11 is 0. The van der Waals surface area contributed by atoms with E-state index < -0.39 is 17.1 Å². The Labute approximate surface area is 176 Å². The summed E-state index contributed by atoms with van der Waals surface area (Å²) < 4.78 is 1.85. The van der Waals surface area contributed by atoms with Gasteiger partial charge in [0.1, 0.15) is 11.3 Å². The highest BCUT2D eigenvalue weighted by molar-refractivity contribution is 6.14. The number of pyridine rings is 1. The standard InChI is InChI=1S/C23H20N4O4/c1-13-8-10-15(11-9-13)24-19(18-21(29)26(2)23(31)27(3)22(18)30)17-12-14-6-4-5-7-16(14)20(28)25-17/h4-12,29H,1-3H3,(H,25,28). The molecular formula is C23H20N4O4. The monoisotopic (exact) mass is 416 g/mol. The molecule has 0 atom stereocenters. The van der Waals surface area contributed by atoms with Crippen LogP contribution in [0.3, 0.4) is 0 Å². The zero-order valence-electron chi connectivity index (χ0n) is 17.2. The van der Waals surface area contributed by atoms with Crippen LogP contribution in [0.2, 0.25) is 0 Å². The van der Waals surface area contributed by atoms with Crippen LogP contribution in [0.15, 0.2) is 74.0 Å². The van der Waals surface area contributed by atoms with Gasteiger partial charge < -0.3 is 10.1 Å². The summed E-state index contributed by atoms with van der Waals surface area (Å²) in [6.45, 7) is 1.93. The summed E-state index contributed by atoms with van der Waals surface area (Å²) in [5, 5.41) is 11.8. The number of nitrogens with zero attached hydrogens (tertiary/aromatic N) is 3. The van der Waals surface area contributed by atoms with Gasteiger partial charge in [0.05, 0.1) is 11.4 Å². The molecule has 0 spiro atoms. The van der Waals surface area contributed by atoms with Crippen molar-refractivity contribution in [2.75, 3.05) is 0 Å². The lowest BCUT2D eigenvalue weighted by atomic mass is 10.1. The number of aliphatic imine (C=N–C) groups is 1. The Morgan fingerprint density at radius 2 is 1.65 bits per heavy atom. The molecule has 4 aromatic rings. The molecule has 0 radical (unpaired) electrons. The highest BCUT2D eigenvalue weighted by Gasteiger charge is 2.23. The van der Waals surface area contributed by atoms with Crippen molar-refractivity contribution in [3.63, 3.8) is 0 Å². The normalized spacial score (nSPS) is 11.8. The van der Waals surface area contributed by atoms with Crippen molar-refractivity contribution in [3.05, 3.63) is 103 Å². The largest absolute Gasteiger partial charge is 0.494 e. The quantitative estimate of drug-likeness (QED) is 0.499. The van der Waals surface area contributed by atoms with Crippen LogP contribution in [-0.4, -0.2) is 24.9 Å². The zero-order chi connectivity index (χ0) is 22.3. The van der Waals surface area contributed by atoms with Gasteiger partial charge >= 0.3 is 5.69 Å². The summed E-state index contributed by atoms with van der Waals surface area (Å²) in [7, 11) is 2.67. The first-order valence-corrected chi connectivity index (χ1v) is 9.55. The van der Waals surface area contributed by atoms with Gasteiger partial charge in [0.2, 0.25) is 5.88 Å². The molecule has 0 bridgehead atoms. The van der Waals surface area contributed by atoms with Gasteiger partial charge in [-0.2, -0.15) is 0 Å². The summed E-state index contributed by atoms with van der Waals surface area (Å²) in [5.74, 6) is -0.534. The van der Waals surface area contributed by atoms with Gasteiger partial charge in [-0.1, -0.05) is 35.9 Å².